The molecule has 9 heteroatoms. The molecule has 3 aromatic rings. The van der Waals surface area contributed by atoms with Crippen LogP contribution >= 0.6 is 0 Å². The molecule has 2 bridgehead atoms. The summed E-state index contributed by atoms with van der Waals surface area (Å²) in [7, 11) is -4.87. The second-order valence-corrected chi connectivity index (χ2v) is 13.5. The fraction of sp³-hybridized carbons (Fsp3) is 0.321. The Kier molecular flexibility index (Phi) is 7.61. The van der Waals surface area contributed by atoms with Gasteiger partial charge in [0.15, 0.2) is 14.7 Å². The fourth-order valence-electron chi connectivity index (χ4n) is 5.53. The molecule has 2 saturated carbocycles. The van der Waals surface area contributed by atoms with Gasteiger partial charge < -0.3 is 4.55 Å². The van der Waals surface area contributed by atoms with Gasteiger partial charge in [-0.3, -0.25) is 4.79 Å². The predicted molar refractivity (Wildman–Crippen MR) is 134 cm³/mol. The summed E-state index contributed by atoms with van der Waals surface area (Å²) in [6.45, 7) is 3.83. The predicted octanol–water partition coefficient (Wildman–Crippen LogP) is 6.13. The van der Waals surface area contributed by atoms with Crippen LogP contribution < -0.4 is 0 Å². The van der Waals surface area contributed by atoms with Gasteiger partial charge in [0, 0.05) is 11.8 Å². The molecule has 2 unspecified atom stereocenters. The van der Waals surface area contributed by atoms with Gasteiger partial charge in [0.05, 0.1) is 26.8 Å². The van der Waals surface area contributed by atoms with E-state index in [2.05, 4.69) is 0 Å². The Labute approximate surface area is 218 Å². The molecule has 0 saturated heterocycles. The maximum Gasteiger partial charge on any atom is 0.166 e. The van der Waals surface area contributed by atoms with Crippen molar-refractivity contribution in [1.82, 2.24) is 0 Å². The van der Waals surface area contributed by atoms with Crippen molar-refractivity contribution < 1.29 is 30.9 Å². The van der Waals surface area contributed by atoms with Crippen LogP contribution in [0.4, 0.5) is 13.2 Å². The summed E-state index contributed by atoms with van der Waals surface area (Å²) in [6.07, 6.45) is 1.88. The molecular weight excluding hydrogens is 521 g/mol. The first-order valence-corrected chi connectivity index (χ1v) is 14.6. The Hall–Kier alpha value is -2.62. The number of fused-ring (bicyclic) bond motifs is 2. The summed E-state index contributed by atoms with van der Waals surface area (Å²) in [5.41, 5.74) is -1.22. The van der Waals surface area contributed by atoms with E-state index in [1.54, 1.807) is 36.4 Å². The van der Waals surface area contributed by atoms with Crippen LogP contribution in [0.1, 0.15) is 33.1 Å². The van der Waals surface area contributed by atoms with Gasteiger partial charge in [-0.1, -0.05) is 13.8 Å². The first kappa shape index (κ1) is 27.4. The van der Waals surface area contributed by atoms with Crippen molar-refractivity contribution >= 4 is 26.8 Å². The van der Waals surface area contributed by atoms with Gasteiger partial charge in [-0.25, -0.2) is 21.6 Å². The molecule has 2 aliphatic rings. The molecule has 2 fully saturated rings. The zero-order valence-electron chi connectivity index (χ0n) is 20.4. The maximum absolute atomic E-state index is 13.2. The number of hydrogen-bond donors (Lipinski definition) is 0. The highest BCUT2D eigenvalue weighted by atomic mass is 32.2. The SMILES string of the molecule is CC1(C)C2CCC1(CS(=O)(=O)[O-])C(=O)C2.Fc1ccc([S+](c2ccc(F)cc2)c2ccc(F)cc2)cc1. The van der Waals surface area contributed by atoms with Gasteiger partial charge in [0.25, 0.3) is 0 Å². The maximum atomic E-state index is 13.2. The van der Waals surface area contributed by atoms with E-state index in [0.717, 1.165) is 21.1 Å². The Morgan fingerprint density at radius 1 is 0.811 bits per heavy atom. The Bertz CT molecular complexity index is 1260. The molecule has 2 atom stereocenters. The normalized spacial score (nSPS) is 22.1. The quantitative estimate of drug-likeness (QED) is 0.284. The minimum Gasteiger partial charge on any atom is -0.748 e. The van der Waals surface area contributed by atoms with Gasteiger partial charge in [-0.05, 0) is 97.0 Å². The number of benzene rings is 3. The molecule has 0 N–H and O–H groups in total. The molecule has 0 aliphatic heterocycles. The third-order valence-electron chi connectivity index (χ3n) is 7.71. The van der Waals surface area contributed by atoms with E-state index in [4.69, 9.17) is 0 Å². The number of ketones is 1. The third kappa shape index (κ3) is 5.63. The van der Waals surface area contributed by atoms with Crippen molar-refractivity contribution in [3.05, 3.63) is 90.2 Å². The third-order valence-corrected chi connectivity index (χ3v) is 10.8. The number of hydrogen-bond acceptors (Lipinski definition) is 4. The summed E-state index contributed by atoms with van der Waals surface area (Å²) in [4.78, 5) is 14.5. The van der Waals surface area contributed by atoms with E-state index >= 15 is 0 Å². The minimum absolute atomic E-state index is 0.0248. The van der Waals surface area contributed by atoms with E-state index in [-0.39, 0.29) is 34.6 Å². The van der Waals surface area contributed by atoms with E-state index in [1.165, 1.54) is 36.4 Å². The average molecular weight is 549 g/mol. The van der Waals surface area contributed by atoms with E-state index in [9.17, 15) is 30.9 Å². The summed E-state index contributed by atoms with van der Waals surface area (Å²) < 4.78 is 72.2. The Morgan fingerprint density at radius 3 is 1.46 bits per heavy atom. The first-order valence-electron chi connectivity index (χ1n) is 11.8. The highest BCUT2D eigenvalue weighted by Gasteiger charge is 2.64. The molecule has 3 aromatic carbocycles. The molecular formula is C28H27F3O4S2. The lowest BCUT2D eigenvalue weighted by Crippen LogP contribution is -2.42. The lowest BCUT2D eigenvalue weighted by atomic mass is 9.70. The van der Waals surface area contributed by atoms with Crippen LogP contribution in [0.3, 0.4) is 0 Å². The van der Waals surface area contributed by atoms with Crippen molar-refractivity contribution in [2.45, 2.75) is 47.8 Å². The van der Waals surface area contributed by atoms with E-state index in [0.29, 0.717) is 12.8 Å². The molecule has 37 heavy (non-hydrogen) atoms. The van der Waals surface area contributed by atoms with Crippen molar-refractivity contribution in [3.8, 4) is 0 Å². The van der Waals surface area contributed by atoms with Crippen LogP contribution in [0.5, 0.6) is 0 Å². The van der Waals surface area contributed by atoms with Gasteiger partial charge in [-0.2, -0.15) is 0 Å². The number of Topliss-reactive ketones (excluding diaryl/α,β-unsaturated/α-hetero) is 1. The van der Waals surface area contributed by atoms with Crippen LogP contribution in [0.2, 0.25) is 0 Å². The smallest absolute Gasteiger partial charge is 0.166 e. The van der Waals surface area contributed by atoms with Crippen LogP contribution in [0, 0.1) is 34.2 Å². The number of rotatable bonds is 5. The molecule has 0 aromatic heterocycles. The van der Waals surface area contributed by atoms with Crippen LogP contribution in [-0.2, 0) is 25.8 Å². The molecule has 2 aliphatic carbocycles. The standard InChI is InChI=1S/C18H12F3S.C10H16O4S/c19-13-1-7-16(8-2-13)22(17-9-3-14(20)4-10-17)18-11-5-15(21)6-12-18;1-9(2)7-3-4-10(9,8(11)5-7)6-15(12,13)14/h1-12H;7H,3-6H2,1-2H3,(H,12,13,14)/q+1;/p-1. The van der Waals surface area contributed by atoms with Crippen LogP contribution in [0.15, 0.2) is 87.5 Å². The highest BCUT2D eigenvalue weighted by molar-refractivity contribution is 7.97. The van der Waals surface area contributed by atoms with Gasteiger partial charge in [-0.15, -0.1) is 0 Å². The van der Waals surface area contributed by atoms with Gasteiger partial charge >= 0.3 is 0 Å². The topological polar surface area (TPSA) is 74.3 Å². The zero-order valence-corrected chi connectivity index (χ0v) is 22.1. The van der Waals surface area contributed by atoms with Crippen LogP contribution in [0.25, 0.3) is 0 Å². The summed E-state index contributed by atoms with van der Waals surface area (Å²) in [6, 6.07) is 18.5. The molecule has 5 rings (SSSR count). The molecule has 196 valence electrons. The van der Waals surface area contributed by atoms with Crippen molar-refractivity contribution in [3.63, 3.8) is 0 Å². The van der Waals surface area contributed by atoms with Gasteiger partial charge in [0.2, 0.25) is 0 Å². The van der Waals surface area contributed by atoms with Crippen molar-refractivity contribution in [2.75, 3.05) is 5.75 Å². The highest BCUT2D eigenvalue weighted by Crippen LogP contribution is 2.64. The summed E-state index contributed by atoms with van der Waals surface area (Å²) in [5.74, 6) is -1.22. The van der Waals surface area contributed by atoms with E-state index < -0.39 is 32.2 Å². The molecule has 0 radical (unpaired) electrons. The Morgan fingerprint density at radius 2 is 1.19 bits per heavy atom. The number of carbonyl (C=O) groups is 1. The largest absolute Gasteiger partial charge is 0.748 e. The molecule has 4 nitrogen and oxygen atoms in total. The lowest BCUT2D eigenvalue weighted by Gasteiger charge is -2.37. The van der Waals surface area contributed by atoms with Crippen molar-refractivity contribution in [2.24, 2.45) is 16.7 Å². The fourth-order valence-corrected chi connectivity index (χ4v) is 8.85. The second-order valence-electron chi connectivity index (χ2n) is 10.0. The summed E-state index contributed by atoms with van der Waals surface area (Å²) >= 11 is 0. The molecule has 0 heterocycles. The first-order chi connectivity index (χ1) is 17.3. The second kappa shape index (κ2) is 10.3. The molecule has 0 spiro atoms. The monoisotopic (exact) mass is 548 g/mol. The number of carbonyl (C=O) groups excluding carboxylic acids is 1. The zero-order chi connectivity index (χ0) is 27.0. The van der Waals surface area contributed by atoms with Crippen LogP contribution in [-0.4, -0.2) is 24.5 Å². The van der Waals surface area contributed by atoms with E-state index in [1.807, 2.05) is 13.8 Å². The molecule has 0 amide bonds. The van der Waals surface area contributed by atoms with Crippen molar-refractivity contribution in [1.29, 1.82) is 0 Å². The average Bonchev–Trinajstić information content (AvgIpc) is 3.16. The number of halogens is 3. The minimum atomic E-state index is -4.33. The van der Waals surface area contributed by atoms with Gasteiger partial charge in [0.1, 0.15) is 23.2 Å². The summed E-state index contributed by atoms with van der Waals surface area (Å²) in [5, 5.41) is 0. The lowest BCUT2D eigenvalue weighted by molar-refractivity contribution is -0.128. The Balaban J connectivity index is 0.000000186.